The predicted molar refractivity (Wildman–Crippen MR) is 82.9 cm³/mol. The maximum Gasteiger partial charge on any atom is 0.238 e. The van der Waals surface area contributed by atoms with Crippen molar-refractivity contribution in [1.29, 1.82) is 5.26 Å². The summed E-state index contributed by atoms with van der Waals surface area (Å²) >= 11 is 0. The molecule has 1 amide bonds. The third-order valence-corrected chi connectivity index (χ3v) is 3.98. The molecule has 1 aromatic carbocycles. The molecular weight excluding hydrogens is 264 g/mol. The highest BCUT2D eigenvalue weighted by atomic mass is 16.2. The Morgan fingerprint density at radius 3 is 2.57 bits per heavy atom. The van der Waals surface area contributed by atoms with Crippen molar-refractivity contribution in [2.24, 2.45) is 5.92 Å². The zero-order chi connectivity index (χ0) is 15.4. The van der Waals surface area contributed by atoms with E-state index in [1.807, 2.05) is 0 Å². The van der Waals surface area contributed by atoms with Crippen molar-refractivity contribution in [2.45, 2.75) is 13.0 Å². The molecule has 2 unspecified atom stereocenters. The van der Waals surface area contributed by atoms with Gasteiger partial charge in [-0.25, -0.2) is 0 Å². The Labute approximate surface area is 126 Å². The van der Waals surface area contributed by atoms with E-state index in [0.29, 0.717) is 24.1 Å². The van der Waals surface area contributed by atoms with E-state index in [-0.39, 0.29) is 5.91 Å². The Balaban J connectivity index is 1.86. The van der Waals surface area contributed by atoms with Crippen molar-refractivity contribution in [1.82, 2.24) is 9.80 Å². The summed E-state index contributed by atoms with van der Waals surface area (Å²) in [5, 5.41) is 11.6. The summed E-state index contributed by atoms with van der Waals surface area (Å²) < 4.78 is 0. The molecule has 0 radical (unpaired) electrons. The van der Waals surface area contributed by atoms with E-state index in [1.54, 1.807) is 24.3 Å². The van der Waals surface area contributed by atoms with E-state index in [0.717, 1.165) is 18.8 Å². The number of likely N-dealkylation sites (tertiary alicyclic amines) is 1. The van der Waals surface area contributed by atoms with Crippen LogP contribution in [0.15, 0.2) is 24.3 Å². The van der Waals surface area contributed by atoms with Gasteiger partial charge in [0, 0.05) is 24.8 Å². The fourth-order valence-electron chi connectivity index (χ4n) is 2.88. The summed E-state index contributed by atoms with van der Waals surface area (Å²) in [6.45, 7) is 4.51. The molecule has 2 atom stereocenters. The van der Waals surface area contributed by atoms with Crippen LogP contribution >= 0.6 is 0 Å². The SMILES string of the molecule is CC1CN(CC(=O)Nc2ccc(C#N)cc2)CC1N(C)C. The van der Waals surface area contributed by atoms with Gasteiger partial charge in [-0.15, -0.1) is 0 Å². The lowest BCUT2D eigenvalue weighted by Crippen LogP contribution is -2.36. The first-order valence-electron chi connectivity index (χ1n) is 7.18. The van der Waals surface area contributed by atoms with Crippen LogP contribution in [0.4, 0.5) is 5.69 Å². The highest BCUT2D eigenvalue weighted by molar-refractivity contribution is 5.92. The van der Waals surface area contributed by atoms with E-state index in [1.165, 1.54) is 0 Å². The van der Waals surface area contributed by atoms with Crippen LogP contribution in [-0.2, 0) is 4.79 Å². The lowest BCUT2D eigenvalue weighted by molar-refractivity contribution is -0.117. The largest absolute Gasteiger partial charge is 0.325 e. The van der Waals surface area contributed by atoms with Gasteiger partial charge in [0.15, 0.2) is 0 Å². The Bertz CT molecular complexity index is 532. The van der Waals surface area contributed by atoms with Crippen molar-refractivity contribution < 1.29 is 4.79 Å². The number of rotatable bonds is 4. The van der Waals surface area contributed by atoms with Gasteiger partial charge in [0.05, 0.1) is 18.2 Å². The lowest BCUT2D eigenvalue weighted by atomic mass is 10.1. The van der Waals surface area contributed by atoms with Crippen LogP contribution in [-0.4, -0.2) is 55.5 Å². The average molecular weight is 286 g/mol. The number of amides is 1. The van der Waals surface area contributed by atoms with Gasteiger partial charge in [0.2, 0.25) is 5.91 Å². The summed E-state index contributed by atoms with van der Waals surface area (Å²) in [7, 11) is 4.17. The average Bonchev–Trinajstić information content (AvgIpc) is 2.80. The summed E-state index contributed by atoms with van der Waals surface area (Å²) in [5.41, 5.74) is 1.32. The molecule has 2 rings (SSSR count). The fraction of sp³-hybridized carbons (Fsp3) is 0.500. The van der Waals surface area contributed by atoms with Crippen LogP contribution in [0, 0.1) is 17.2 Å². The lowest BCUT2D eigenvalue weighted by Gasteiger charge is -2.22. The molecule has 21 heavy (non-hydrogen) atoms. The van der Waals surface area contributed by atoms with Crippen LogP contribution in [0.25, 0.3) is 0 Å². The van der Waals surface area contributed by atoms with E-state index in [4.69, 9.17) is 5.26 Å². The maximum atomic E-state index is 12.1. The number of hydrogen-bond donors (Lipinski definition) is 1. The molecule has 5 nitrogen and oxygen atoms in total. The normalized spacial score (nSPS) is 22.2. The Morgan fingerprint density at radius 1 is 1.38 bits per heavy atom. The number of carbonyl (C=O) groups excluding carboxylic acids is 1. The second-order valence-electron chi connectivity index (χ2n) is 5.94. The van der Waals surface area contributed by atoms with Gasteiger partial charge in [-0.1, -0.05) is 6.92 Å². The highest BCUT2D eigenvalue weighted by Gasteiger charge is 2.31. The first-order chi connectivity index (χ1) is 9.99. The predicted octanol–water partition coefficient (Wildman–Crippen LogP) is 1.38. The summed E-state index contributed by atoms with van der Waals surface area (Å²) in [5.74, 6) is 0.564. The number of nitriles is 1. The molecule has 1 aliphatic heterocycles. The Hall–Kier alpha value is -1.90. The van der Waals surface area contributed by atoms with Crippen LogP contribution in [0.5, 0.6) is 0 Å². The Kier molecular flexibility index (Phi) is 4.94. The molecule has 1 saturated heterocycles. The monoisotopic (exact) mass is 286 g/mol. The molecule has 0 bridgehead atoms. The zero-order valence-electron chi connectivity index (χ0n) is 12.8. The smallest absolute Gasteiger partial charge is 0.238 e. The van der Waals surface area contributed by atoms with Crippen molar-refractivity contribution in [3.05, 3.63) is 29.8 Å². The summed E-state index contributed by atoms with van der Waals surface area (Å²) in [6.07, 6.45) is 0. The molecule has 5 heteroatoms. The topological polar surface area (TPSA) is 59.4 Å². The van der Waals surface area contributed by atoms with Crippen LogP contribution in [0.2, 0.25) is 0 Å². The fourth-order valence-corrected chi connectivity index (χ4v) is 2.88. The third-order valence-electron chi connectivity index (χ3n) is 3.98. The molecule has 0 aliphatic carbocycles. The number of anilines is 1. The number of likely N-dealkylation sites (N-methyl/N-ethyl adjacent to an activating group) is 1. The first kappa shape index (κ1) is 15.5. The molecule has 1 fully saturated rings. The van der Waals surface area contributed by atoms with Gasteiger partial charge in [0.25, 0.3) is 0 Å². The second kappa shape index (κ2) is 6.70. The molecule has 1 aliphatic rings. The second-order valence-corrected chi connectivity index (χ2v) is 5.94. The molecule has 0 aromatic heterocycles. The minimum atomic E-state index is -0.00804. The van der Waals surface area contributed by atoms with Gasteiger partial charge in [-0.05, 0) is 44.3 Å². The van der Waals surface area contributed by atoms with Crippen molar-refractivity contribution in [3.8, 4) is 6.07 Å². The molecule has 1 heterocycles. The van der Waals surface area contributed by atoms with E-state index >= 15 is 0 Å². The van der Waals surface area contributed by atoms with Crippen molar-refractivity contribution >= 4 is 11.6 Å². The minimum Gasteiger partial charge on any atom is -0.325 e. The van der Waals surface area contributed by atoms with Crippen LogP contribution < -0.4 is 5.32 Å². The van der Waals surface area contributed by atoms with Crippen LogP contribution in [0.3, 0.4) is 0 Å². The number of nitrogens with zero attached hydrogens (tertiary/aromatic N) is 3. The number of benzene rings is 1. The molecule has 1 N–H and O–H groups in total. The zero-order valence-corrected chi connectivity index (χ0v) is 12.8. The van der Waals surface area contributed by atoms with E-state index in [2.05, 4.69) is 42.2 Å². The molecule has 0 spiro atoms. The Morgan fingerprint density at radius 2 is 2.05 bits per heavy atom. The van der Waals surface area contributed by atoms with Gasteiger partial charge >= 0.3 is 0 Å². The molecule has 112 valence electrons. The summed E-state index contributed by atoms with van der Waals surface area (Å²) in [4.78, 5) is 16.5. The third kappa shape index (κ3) is 4.03. The standard InChI is InChI=1S/C16H22N4O/c1-12-9-20(10-15(12)19(2)3)11-16(21)18-14-6-4-13(8-17)5-7-14/h4-7,12,15H,9-11H2,1-3H3,(H,18,21). The highest BCUT2D eigenvalue weighted by Crippen LogP contribution is 2.19. The maximum absolute atomic E-state index is 12.1. The van der Waals surface area contributed by atoms with Gasteiger partial charge < -0.3 is 10.2 Å². The van der Waals surface area contributed by atoms with Gasteiger partial charge in [0.1, 0.15) is 0 Å². The molecule has 1 aromatic rings. The molecule has 0 saturated carbocycles. The van der Waals surface area contributed by atoms with E-state index < -0.39 is 0 Å². The number of carbonyl (C=O) groups is 1. The van der Waals surface area contributed by atoms with Gasteiger partial charge in [-0.3, -0.25) is 9.69 Å². The molecular formula is C16H22N4O. The van der Waals surface area contributed by atoms with Crippen molar-refractivity contribution in [3.63, 3.8) is 0 Å². The first-order valence-corrected chi connectivity index (χ1v) is 7.18. The van der Waals surface area contributed by atoms with Gasteiger partial charge in [-0.2, -0.15) is 5.26 Å². The van der Waals surface area contributed by atoms with Crippen LogP contribution in [0.1, 0.15) is 12.5 Å². The van der Waals surface area contributed by atoms with E-state index in [9.17, 15) is 4.79 Å². The quantitative estimate of drug-likeness (QED) is 0.908. The number of hydrogen-bond acceptors (Lipinski definition) is 4. The minimum absolute atomic E-state index is 0.00804. The van der Waals surface area contributed by atoms with Crippen molar-refractivity contribution in [2.75, 3.05) is 39.0 Å². The number of nitrogens with one attached hydrogen (secondary N) is 1. The summed E-state index contributed by atoms with van der Waals surface area (Å²) in [6, 6.07) is 9.49.